The summed E-state index contributed by atoms with van der Waals surface area (Å²) in [5.41, 5.74) is 1.39. The maximum Gasteiger partial charge on any atom is 0.0876 e. The summed E-state index contributed by atoms with van der Waals surface area (Å²) in [6.07, 6.45) is 4.90. The van der Waals surface area contributed by atoms with Crippen molar-refractivity contribution in [2.75, 3.05) is 13.7 Å². The second kappa shape index (κ2) is 6.38. The van der Waals surface area contributed by atoms with E-state index < -0.39 is 0 Å². The third-order valence-corrected chi connectivity index (χ3v) is 5.33. The van der Waals surface area contributed by atoms with Crippen LogP contribution in [0.1, 0.15) is 56.0 Å². The zero-order valence-electron chi connectivity index (χ0n) is 12.7. The van der Waals surface area contributed by atoms with Crippen molar-refractivity contribution in [1.29, 1.82) is 0 Å². The molecule has 108 valence electrons. The Morgan fingerprint density at radius 2 is 2.16 bits per heavy atom. The van der Waals surface area contributed by atoms with Crippen LogP contribution >= 0.6 is 11.3 Å². The molecule has 0 aliphatic heterocycles. The standard InChI is InChI=1S/C16H27NOS/c1-5-18-16(8-6-12(2)7-9-16)15(17-4)14-10-13(3)19-11-14/h10-12,15,17H,5-9H2,1-4H3. The first-order valence-corrected chi connectivity index (χ1v) is 8.35. The van der Waals surface area contributed by atoms with Gasteiger partial charge in [-0.25, -0.2) is 0 Å². The summed E-state index contributed by atoms with van der Waals surface area (Å²) in [6.45, 7) is 7.46. The summed E-state index contributed by atoms with van der Waals surface area (Å²) in [4.78, 5) is 1.38. The van der Waals surface area contributed by atoms with E-state index in [9.17, 15) is 0 Å². The zero-order valence-corrected chi connectivity index (χ0v) is 13.5. The average molecular weight is 281 g/mol. The lowest BCUT2D eigenvalue weighted by atomic mass is 9.73. The van der Waals surface area contributed by atoms with E-state index in [-0.39, 0.29) is 5.60 Å². The van der Waals surface area contributed by atoms with E-state index in [2.05, 4.69) is 44.6 Å². The number of ether oxygens (including phenoxy) is 1. The van der Waals surface area contributed by atoms with Gasteiger partial charge in [0, 0.05) is 11.5 Å². The molecule has 0 bridgehead atoms. The van der Waals surface area contributed by atoms with Crippen molar-refractivity contribution < 1.29 is 4.74 Å². The molecular weight excluding hydrogens is 254 g/mol. The molecule has 1 saturated carbocycles. The summed E-state index contributed by atoms with van der Waals surface area (Å²) in [6, 6.07) is 2.63. The van der Waals surface area contributed by atoms with Gasteiger partial charge in [0.05, 0.1) is 11.6 Å². The Balaban J connectivity index is 2.25. The topological polar surface area (TPSA) is 21.3 Å². The first-order chi connectivity index (χ1) is 9.11. The van der Waals surface area contributed by atoms with E-state index in [0.29, 0.717) is 6.04 Å². The highest BCUT2D eigenvalue weighted by atomic mass is 32.1. The second-order valence-electron chi connectivity index (χ2n) is 5.89. The van der Waals surface area contributed by atoms with E-state index in [1.54, 1.807) is 0 Å². The van der Waals surface area contributed by atoms with E-state index in [0.717, 1.165) is 12.5 Å². The fourth-order valence-electron chi connectivity index (χ4n) is 3.40. The average Bonchev–Trinajstić information content (AvgIpc) is 2.81. The smallest absolute Gasteiger partial charge is 0.0876 e. The largest absolute Gasteiger partial charge is 0.373 e. The van der Waals surface area contributed by atoms with Crippen LogP contribution in [0.3, 0.4) is 0 Å². The Labute approximate surface area is 121 Å². The molecule has 1 aliphatic carbocycles. The fourth-order valence-corrected chi connectivity index (χ4v) is 4.13. The molecular formula is C16H27NOS. The highest BCUT2D eigenvalue weighted by Crippen LogP contribution is 2.43. The third kappa shape index (κ3) is 3.21. The zero-order chi connectivity index (χ0) is 13.9. The van der Waals surface area contributed by atoms with Gasteiger partial charge in [0.15, 0.2) is 0 Å². The quantitative estimate of drug-likeness (QED) is 0.868. The van der Waals surface area contributed by atoms with Gasteiger partial charge in [0.2, 0.25) is 0 Å². The van der Waals surface area contributed by atoms with Crippen molar-refractivity contribution in [2.24, 2.45) is 5.92 Å². The Kier molecular flexibility index (Phi) is 5.04. The lowest BCUT2D eigenvalue weighted by Gasteiger charge is -2.44. The molecule has 1 unspecified atom stereocenters. The Morgan fingerprint density at radius 3 is 2.63 bits per heavy atom. The van der Waals surface area contributed by atoms with Crippen LogP contribution in [-0.4, -0.2) is 19.3 Å². The van der Waals surface area contributed by atoms with Crippen molar-refractivity contribution >= 4 is 11.3 Å². The van der Waals surface area contributed by atoms with Crippen LogP contribution in [-0.2, 0) is 4.74 Å². The first-order valence-electron chi connectivity index (χ1n) is 7.47. The van der Waals surface area contributed by atoms with Gasteiger partial charge < -0.3 is 10.1 Å². The van der Waals surface area contributed by atoms with Crippen LogP contribution in [0.2, 0.25) is 0 Å². The van der Waals surface area contributed by atoms with Crippen LogP contribution in [0.25, 0.3) is 0 Å². The SMILES string of the molecule is CCOC1(C(NC)c2csc(C)c2)CCC(C)CC1. The van der Waals surface area contributed by atoms with Crippen LogP contribution in [0.5, 0.6) is 0 Å². The van der Waals surface area contributed by atoms with E-state index in [4.69, 9.17) is 4.74 Å². The fraction of sp³-hybridized carbons (Fsp3) is 0.750. The van der Waals surface area contributed by atoms with Crippen molar-refractivity contribution in [3.8, 4) is 0 Å². The molecule has 1 aliphatic rings. The molecule has 1 fully saturated rings. The molecule has 2 nitrogen and oxygen atoms in total. The van der Waals surface area contributed by atoms with E-state index >= 15 is 0 Å². The van der Waals surface area contributed by atoms with Gasteiger partial charge in [-0.1, -0.05) is 6.92 Å². The number of hydrogen-bond acceptors (Lipinski definition) is 3. The summed E-state index contributed by atoms with van der Waals surface area (Å²) in [7, 11) is 2.07. The molecule has 19 heavy (non-hydrogen) atoms. The monoisotopic (exact) mass is 281 g/mol. The second-order valence-corrected chi connectivity index (χ2v) is 7.01. The van der Waals surface area contributed by atoms with Gasteiger partial charge in [0.1, 0.15) is 0 Å². The predicted molar refractivity (Wildman–Crippen MR) is 82.8 cm³/mol. The van der Waals surface area contributed by atoms with Gasteiger partial charge in [-0.15, -0.1) is 11.3 Å². The molecule has 1 aromatic heterocycles. The minimum Gasteiger partial charge on any atom is -0.373 e. The maximum absolute atomic E-state index is 6.28. The lowest BCUT2D eigenvalue weighted by molar-refractivity contribution is -0.0961. The maximum atomic E-state index is 6.28. The van der Waals surface area contributed by atoms with Crippen molar-refractivity contribution in [1.82, 2.24) is 5.32 Å². The summed E-state index contributed by atoms with van der Waals surface area (Å²) < 4.78 is 6.28. The molecule has 0 aromatic carbocycles. The Bertz CT molecular complexity index is 393. The molecule has 0 spiro atoms. The van der Waals surface area contributed by atoms with Gasteiger partial charge >= 0.3 is 0 Å². The predicted octanol–water partition coefficient (Wildman–Crippen LogP) is 4.30. The normalized spacial score (nSPS) is 29.4. The lowest BCUT2D eigenvalue weighted by Crippen LogP contribution is -2.47. The molecule has 2 rings (SSSR count). The summed E-state index contributed by atoms with van der Waals surface area (Å²) >= 11 is 1.83. The van der Waals surface area contributed by atoms with E-state index in [1.807, 2.05) is 11.3 Å². The molecule has 1 aromatic rings. The molecule has 1 N–H and O–H groups in total. The van der Waals surface area contributed by atoms with Crippen LogP contribution in [0, 0.1) is 12.8 Å². The van der Waals surface area contributed by atoms with Crippen molar-refractivity contribution in [3.05, 3.63) is 21.9 Å². The van der Waals surface area contributed by atoms with Gasteiger partial charge in [-0.3, -0.25) is 0 Å². The molecule has 3 heteroatoms. The molecule has 0 saturated heterocycles. The summed E-state index contributed by atoms with van der Waals surface area (Å²) in [5, 5.41) is 5.81. The minimum atomic E-state index is -0.0104. The molecule has 1 heterocycles. The number of likely N-dealkylation sites (N-methyl/N-ethyl adjacent to an activating group) is 1. The van der Waals surface area contributed by atoms with Crippen LogP contribution in [0.15, 0.2) is 11.4 Å². The number of aryl methyl sites for hydroxylation is 1. The number of nitrogens with one attached hydrogen (secondary N) is 1. The van der Waals surface area contributed by atoms with Gasteiger partial charge in [0.25, 0.3) is 0 Å². The molecule has 0 amide bonds. The van der Waals surface area contributed by atoms with Crippen molar-refractivity contribution in [2.45, 2.75) is 58.1 Å². The van der Waals surface area contributed by atoms with Crippen LogP contribution < -0.4 is 5.32 Å². The highest BCUT2D eigenvalue weighted by molar-refractivity contribution is 7.10. The third-order valence-electron chi connectivity index (χ3n) is 4.45. The van der Waals surface area contributed by atoms with Crippen LogP contribution in [0.4, 0.5) is 0 Å². The summed E-state index contributed by atoms with van der Waals surface area (Å²) in [5.74, 6) is 0.843. The first kappa shape index (κ1) is 15.0. The number of rotatable bonds is 5. The minimum absolute atomic E-state index is 0.0104. The molecule has 0 radical (unpaired) electrons. The Morgan fingerprint density at radius 1 is 1.47 bits per heavy atom. The van der Waals surface area contributed by atoms with Crippen molar-refractivity contribution in [3.63, 3.8) is 0 Å². The molecule has 1 atom stereocenters. The highest BCUT2D eigenvalue weighted by Gasteiger charge is 2.42. The Hall–Kier alpha value is -0.380. The van der Waals surface area contributed by atoms with Gasteiger partial charge in [-0.2, -0.15) is 0 Å². The number of thiophene rings is 1. The number of hydrogen-bond donors (Lipinski definition) is 1. The van der Waals surface area contributed by atoms with E-state index in [1.165, 1.54) is 36.1 Å². The van der Waals surface area contributed by atoms with Gasteiger partial charge in [-0.05, 0) is 69.5 Å².